The second-order valence-electron chi connectivity index (χ2n) is 5.68. The minimum absolute atomic E-state index is 0.0468. The third kappa shape index (κ3) is 5.51. The van der Waals surface area contributed by atoms with Crippen LogP contribution in [0.1, 0.15) is 5.56 Å². The van der Waals surface area contributed by atoms with Crippen LogP contribution < -0.4 is 9.46 Å². The standard InChI is InChI=1S/C20H17FN2O3S/c21-18-9-3-6-16(14-18)15-27(24,25)23-12-1-2-13-26-19-10-4-7-17-8-5-11-22-20(17)19/h3-11,14,23H,12-13,15H2. The van der Waals surface area contributed by atoms with Crippen molar-refractivity contribution in [2.24, 2.45) is 0 Å². The summed E-state index contributed by atoms with van der Waals surface area (Å²) in [5.41, 5.74) is 1.12. The lowest BCUT2D eigenvalue weighted by molar-refractivity contribution is 0.374. The van der Waals surface area contributed by atoms with E-state index in [9.17, 15) is 12.8 Å². The van der Waals surface area contributed by atoms with Crippen molar-refractivity contribution in [1.29, 1.82) is 0 Å². The van der Waals surface area contributed by atoms with E-state index in [1.165, 1.54) is 18.2 Å². The zero-order valence-corrected chi connectivity index (χ0v) is 15.2. The van der Waals surface area contributed by atoms with E-state index < -0.39 is 15.8 Å². The Hall–Kier alpha value is -2.95. The van der Waals surface area contributed by atoms with E-state index in [1.54, 1.807) is 18.3 Å². The van der Waals surface area contributed by atoms with Gasteiger partial charge in [0.2, 0.25) is 10.0 Å². The maximum absolute atomic E-state index is 13.1. The summed E-state index contributed by atoms with van der Waals surface area (Å²) < 4.78 is 45.0. The number of sulfonamides is 1. The van der Waals surface area contributed by atoms with Crippen LogP contribution in [0, 0.1) is 17.7 Å². The molecule has 0 spiro atoms. The number of para-hydroxylation sites is 1. The van der Waals surface area contributed by atoms with Gasteiger partial charge in [0.05, 0.1) is 12.3 Å². The predicted molar refractivity (Wildman–Crippen MR) is 102 cm³/mol. The van der Waals surface area contributed by atoms with Gasteiger partial charge >= 0.3 is 0 Å². The van der Waals surface area contributed by atoms with Crippen LogP contribution >= 0.6 is 0 Å². The Morgan fingerprint density at radius 2 is 1.89 bits per heavy atom. The highest BCUT2D eigenvalue weighted by atomic mass is 32.2. The first-order valence-corrected chi connectivity index (χ1v) is 9.83. The fourth-order valence-electron chi connectivity index (χ4n) is 2.46. The van der Waals surface area contributed by atoms with Crippen LogP contribution in [0.4, 0.5) is 4.39 Å². The van der Waals surface area contributed by atoms with Crippen molar-refractivity contribution in [3.05, 3.63) is 72.2 Å². The number of pyridine rings is 1. The van der Waals surface area contributed by atoms with Crippen molar-refractivity contribution in [3.63, 3.8) is 0 Å². The fourth-order valence-corrected chi connectivity index (χ4v) is 3.48. The molecule has 138 valence electrons. The summed E-state index contributed by atoms with van der Waals surface area (Å²) in [6.07, 6.45) is 1.69. The fraction of sp³-hybridized carbons (Fsp3) is 0.150. The molecule has 0 amide bonds. The minimum atomic E-state index is -3.59. The molecular weight excluding hydrogens is 367 g/mol. The maximum atomic E-state index is 13.1. The summed E-state index contributed by atoms with van der Waals surface area (Å²) >= 11 is 0. The van der Waals surface area contributed by atoms with Gasteiger partial charge in [-0.2, -0.15) is 0 Å². The average Bonchev–Trinajstić information content (AvgIpc) is 2.64. The highest BCUT2D eigenvalue weighted by molar-refractivity contribution is 7.88. The molecule has 1 heterocycles. The van der Waals surface area contributed by atoms with E-state index in [-0.39, 0.29) is 18.9 Å². The Kier molecular flexibility index (Phi) is 6.01. The molecule has 0 saturated heterocycles. The third-order valence-corrected chi connectivity index (χ3v) is 4.94. The Bertz CT molecular complexity index is 1100. The van der Waals surface area contributed by atoms with Crippen LogP contribution in [0.5, 0.6) is 5.75 Å². The van der Waals surface area contributed by atoms with Crippen molar-refractivity contribution in [3.8, 4) is 17.6 Å². The quantitative estimate of drug-likeness (QED) is 0.664. The van der Waals surface area contributed by atoms with Crippen LogP contribution in [0.3, 0.4) is 0 Å². The molecule has 0 atom stereocenters. The first kappa shape index (κ1) is 18.8. The average molecular weight is 384 g/mol. The smallest absolute Gasteiger partial charge is 0.216 e. The van der Waals surface area contributed by atoms with Gasteiger partial charge < -0.3 is 4.74 Å². The lowest BCUT2D eigenvalue weighted by atomic mass is 10.2. The summed E-state index contributed by atoms with van der Waals surface area (Å²) in [7, 11) is -3.59. The molecular formula is C20H17FN2O3S. The Labute approximate surface area is 157 Å². The number of ether oxygens (including phenoxy) is 1. The molecule has 0 aliphatic carbocycles. The van der Waals surface area contributed by atoms with E-state index >= 15 is 0 Å². The summed E-state index contributed by atoms with van der Waals surface area (Å²) in [4.78, 5) is 4.28. The van der Waals surface area contributed by atoms with Gasteiger partial charge in [-0.3, -0.25) is 4.98 Å². The van der Waals surface area contributed by atoms with Crippen molar-refractivity contribution < 1.29 is 17.5 Å². The van der Waals surface area contributed by atoms with Crippen LogP contribution in [0.2, 0.25) is 0 Å². The van der Waals surface area contributed by atoms with Crippen molar-refractivity contribution in [2.75, 3.05) is 13.2 Å². The molecule has 0 fully saturated rings. The molecule has 2 aromatic carbocycles. The highest BCUT2D eigenvalue weighted by Crippen LogP contribution is 2.22. The molecule has 3 rings (SSSR count). The number of halogens is 1. The lowest BCUT2D eigenvalue weighted by Crippen LogP contribution is -2.25. The molecule has 0 radical (unpaired) electrons. The number of aromatic nitrogens is 1. The first-order chi connectivity index (χ1) is 13.0. The number of fused-ring (bicyclic) bond motifs is 1. The topological polar surface area (TPSA) is 68.3 Å². The highest BCUT2D eigenvalue weighted by Gasteiger charge is 2.10. The summed E-state index contributed by atoms with van der Waals surface area (Å²) in [6, 6.07) is 14.9. The first-order valence-electron chi connectivity index (χ1n) is 8.17. The molecule has 5 nitrogen and oxygen atoms in total. The molecule has 1 N–H and O–H groups in total. The minimum Gasteiger partial charge on any atom is -0.479 e. The molecule has 1 aromatic heterocycles. The molecule has 7 heteroatoms. The Morgan fingerprint density at radius 3 is 2.74 bits per heavy atom. The molecule has 27 heavy (non-hydrogen) atoms. The normalized spacial score (nSPS) is 11.0. The SMILES string of the molecule is O=S(=O)(Cc1cccc(F)c1)NCC#CCOc1cccc2cccnc12. The van der Waals surface area contributed by atoms with E-state index in [0.717, 1.165) is 10.9 Å². The number of hydrogen-bond donors (Lipinski definition) is 1. The summed E-state index contributed by atoms with van der Waals surface area (Å²) in [5.74, 6) is 5.30. The van der Waals surface area contributed by atoms with Crippen LogP contribution in [0.15, 0.2) is 60.8 Å². The molecule has 0 saturated carbocycles. The van der Waals surface area contributed by atoms with Gasteiger partial charge in [0, 0.05) is 11.6 Å². The van der Waals surface area contributed by atoms with Crippen LogP contribution in [0.25, 0.3) is 10.9 Å². The van der Waals surface area contributed by atoms with E-state index in [4.69, 9.17) is 4.74 Å². The molecule has 3 aromatic rings. The monoisotopic (exact) mass is 384 g/mol. The van der Waals surface area contributed by atoms with Gasteiger partial charge in [-0.25, -0.2) is 17.5 Å². The van der Waals surface area contributed by atoms with Gasteiger partial charge in [-0.15, -0.1) is 0 Å². The van der Waals surface area contributed by atoms with Gasteiger partial charge in [-0.1, -0.05) is 42.2 Å². The zero-order valence-electron chi connectivity index (χ0n) is 14.4. The molecule has 0 aliphatic rings. The largest absolute Gasteiger partial charge is 0.479 e. The van der Waals surface area contributed by atoms with Crippen LogP contribution in [-0.2, 0) is 15.8 Å². The number of nitrogens with zero attached hydrogens (tertiary/aromatic N) is 1. The van der Waals surface area contributed by atoms with Crippen molar-refractivity contribution in [1.82, 2.24) is 9.71 Å². The van der Waals surface area contributed by atoms with Crippen molar-refractivity contribution >= 4 is 20.9 Å². The van der Waals surface area contributed by atoms with Gasteiger partial charge in [0.25, 0.3) is 0 Å². The number of benzene rings is 2. The Balaban J connectivity index is 1.50. The van der Waals surface area contributed by atoms with E-state index in [1.807, 2.05) is 24.3 Å². The van der Waals surface area contributed by atoms with E-state index in [0.29, 0.717) is 11.3 Å². The Morgan fingerprint density at radius 1 is 1.07 bits per heavy atom. The summed E-state index contributed by atoms with van der Waals surface area (Å²) in [5, 5.41) is 0.966. The van der Waals surface area contributed by atoms with Crippen molar-refractivity contribution in [2.45, 2.75) is 5.75 Å². The third-order valence-electron chi connectivity index (χ3n) is 3.65. The molecule has 0 unspecified atom stereocenters. The van der Waals surface area contributed by atoms with Gasteiger partial charge in [0.15, 0.2) is 0 Å². The second kappa shape index (κ2) is 8.62. The zero-order chi connectivity index (χ0) is 19.1. The second-order valence-corrected chi connectivity index (χ2v) is 7.49. The lowest BCUT2D eigenvalue weighted by Gasteiger charge is -2.05. The van der Waals surface area contributed by atoms with Gasteiger partial charge in [-0.05, 0) is 29.8 Å². The molecule has 0 bridgehead atoms. The molecule has 0 aliphatic heterocycles. The van der Waals surface area contributed by atoms with Crippen LogP contribution in [-0.4, -0.2) is 26.6 Å². The number of nitrogens with one attached hydrogen (secondary N) is 1. The van der Waals surface area contributed by atoms with E-state index in [2.05, 4.69) is 21.5 Å². The summed E-state index contributed by atoms with van der Waals surface area (Å²) in [6.45, 7) is 0.0656. The number of rotatable bonds is 6. The predicted octanol–water partition coefficient (Wildman–Crippen LogP) is 2.88. The van der Waals surface area contributed by atoms with Gasteiger partial charge in [0.1, 0.15) is 23.7 Å². The maximum Gasteiger partial charge on any atom is 0.216 e. The number of hydrogen-bond acceptors (Lipinski definition) is 4.